The van der Waals surface area contributed by atoms with E-state index < -0.39 is 10.0 Å². The first-order chi connectivity index (χ1) is 12.4. The van der Waals surface area contributed by atoms with Crippen molar-refractivity contribution >= 4 is 21.6 Å². The number of carbonyl (C=O) groups is 1. The number of amides is 1. The summed E-state index contributed by atoms with van der Waals surface area (Å²) in [5.74, 6) is -0.320. The Bertz CT molecular complexity index is 876. The molecule has 0 aliphatic carbocycles. The van der Waals surface area contributed by atoms with Crippen molar-refractivity contribution in [2.75, 3.05) is 11.9 Å². The van der Waals surface area contributed by atoms with E-state index in [2.05, 4.69) is 10.0 Å². The summed E-state index contributed by atoms with van der Waals surface area (Å²) in [7, 11) is -3.61. The lowest BCUT2D eigenvalue weighted by Gasteiger charge is -2.13. The van der Waals surface area contributed by atoms with E-state index in [4.69, 9.17) is 0 Å². The molecule has 5 nitrogen and oxygen atoms in total. The van der Waals surface area contributed by atoms with Crippen LogP contribution in [0.3, 0.4) is 0 Å². The van der Waals surface area contributed by atoms with E-state index in [0.717, 1.165) is 36.1 Å². The molecule has 0 unspecified atom stereocenters. The number of benzene rings is 2. The SMILES string of the molecule is CCCCNS(=O)(=O)c1cccc(C(=O)Nc2c(C)cccc2CC)c1. The molecular formula is C20H26N2O3S. The number of nitrogens with one attached hydrogen (secondary N) is 2. The van der Waals surface area contributed by atoms with Crippen LogP contribution in [0.25, 0.3) is 0 Å². The Hall–Kier alpha value is -2.18. The standard InChI is InChI=1S/C20H26N2O3S/c1-4-6-13-21-26(24,25)18-12-8-11-17(14-18)20(23)22-19-15(3)9-7-10-16(19)5-2/h7-12,14,21H,4-6,13H2,1-3H3,(H,22,23). The summed E-state index contributed by atoms with van der Waals surface area (Å²) in [5, 5.41) is 2.92. The number of unbranched alkanes of at least 4 members (excludes halogenated alkanes) is 1. The Morgan fingerprint density at radius 3 is 2.50 bits per heavy atom. The monoisotopic (exact) mass is 374 g/mol. The van der Waals surface area contributed by atoms with E-state index in [1.807, 2.05) is 39.0 Å². The van der Waals surface area contributed by atoms with Crippen LogP contribution in [0, 0.1) is 6.92 Å². The highest BCUT2D eigenvalue weighted by Gasteiger charge is 2.16. The molecule has 2 aromatic carbocycles. The molecule has 140 valence electrons. The molecule has 26 heavy (non-hydrogen) atoms. The molecule has 2 aromatic rings. The van der Waals surface area contributed by atoms with Crippen LogP contribution >= 0.6 is 0 Å². The van der Waals surface area contributed by atoms with Crippen molar-refractivity contribution in [1.82, 2.24) is 4.72 Å². The average molecular weight is 375 g/mol. The highest BCUT2D eigenvalue weighted by molar-refractivity contribution is 7.89. The van der Waals surface area contributed by atoms with Gasteiger partial charge in [0.2, 0.25) is 10.0 Å². The minimum atomic E-state index is -3.61. The molecule has 0 radical (unpaired) electrons. The van der Waals surface area contributed by atoms with Crippen molar-refractivity contribution < 1.29 is 13.2 Å². The third-order valence-electron chi connectivity index (χ3n) is 4.21. The van der Waals surface area contributed by atoms with Gasteiger partial charge >= 0.3 is 0 Å². The van der Waals surface area contributed by atoms with Gasteiger partial charge in [-0.2, -0.15) is 0 Å². The maximum Gasteiger partial charge on any atom is 0.255 e. The van der Waals surface area contributed by atoms with Crippen molar-refractivity contribution in [3.8, 4) is 0 Å². The van der Waals surface area contributed by atoms with Gasteiger partial charge in [0.1, 0.15) is 0 Å². The first kappa shape index (κ1) is 20.1. The lowest BCUT2D eigenvalue weighted by molar-refractivity contribution is 0.102. The Kier molecular flexibility index (Phi) is 6.94. The number of anilines is 1. The molecule has 0 bridgehead atoms. The zero-order valence-corrected chi connectivity index (χ0v) is 16.3. The predicted octanol–water partition coefficient (Wildman–Crippen LogP) is 3.89. The minimum Gasteiger partial charge on any atom is -0.321 e. The van der Waals surface area contributed by atoms with Crippen molar-refractivity contribution in [2.24, 2.45) is 0 Å². The fourth-order valence-corrected chi connectivity index (χ4v) is 3.78. The molecule has 0 spiro atoms. The molecule has 2 N–H and O–H groups in total. The van der Waals surface area contributed by atoms with Gasteiger partial charge < -0.3 is 5.32 Å². The summed E-state index contributed by atoms with van der Waals surface area (Å²) >= 11 is 0. The molecule has 0 heterocycles. The molecule has 0 fully saturated rings. The number of hydrogen-bond donors (Lipinski definition) is 2. The molecule has 0 aliphatic heterocycles. The highest BCUT2D eigenvalue weighted by Crippen LogP contribution is 2.22. The van der Waals surface area contributed by atoms with Crippen molar-refractivity contribution in [3.63, 3.8) is 0 Å². The normalized spacial score (nSPS) is 11.3. The second-order valence-electron chi connectivity index (χ2n) is 6.20. The summed E-state index contributed by atoms with van der Waals surface area (Å²) < 4.78 is 27.3. The topological polar surface area (TPSA) is 75.3 Å². The molecule has 0 aliphatic rings. The van der Waals surface area contributed by atoms with Crippen LogP contribution in [0.2, 0.25) is 0 Å². The van der Waals surface area contributed by atoms with E-state index in [-0.39, 0.29) is 10.8 Å². The molecule has 1 amide bonds. The van der Waals surface area contributed by atoms with E-state index in [1.165, 1.54) is 12.1 Å². The Balaban J connectivity index is 2.24. The number of para-hydroxylation sites is 1. The zero-order chi connectivity index (χ0) is 19.2. The minimum absolute atomic E-state index is 0.0988. The summed E-state index contributed by atoms with van der Waals surface area (Å²) in [6.45, 7) is 6.35. The third-order valence-corrected chi connectivity index (χ3v) is 5.67. The van der Waals surface area contributed by atoms with Crippen LogP contribution < -0.4 is 10.0 Å². The molecule has 6 heteroatoms. The van der Waals surface area contributed by atoms with Crippen LogP contribution in [-0.4, -0.2) is 20.9 Å². The largest absolute Gasteiger partial charge is 0.321 e. The van der Waals surface area contributed by atoms with E-state index in [0.29, 0.717) is 12.1 Å². The maximum atomic E-state index is 12.6. The molecular weight excluding hydrogens is 348 g/mol. The van der Waals surface area contributed by atoms with Crippen LogP contribution in [-0.2, 0) is 16.4 Å². The van der Waals surface area contributed by atoms with Gasteiger partial charge in [0, 0.05) is 17.8 Å². The highest BCUT2D eigenvalue weighted by atomic mass is 32.2. The van der Waals surface area contributed by atoms with Crippen LogP contribution in [0.15, 0.2) is 47.4 Å². The lowest BCUT2D eigenvalue weighted by Crippen LogP contribution is -2.25. The van der Waals surface area contributed by atoms with Crippen molar-refractivity contribution in [1.29, 1.82) is 0 Å². The van der Waals surface area contributed by atoms with Gasteiger partial charge in [-0.15, -0.1) is 0 Å². The number of aryl methyl sites for hydroxylation is 2. The van der Waals surface area contributed by atoms with Crippen LogP contribution in [0.5, 0.6) is 0 Å². The second-order valence-corrected chi connectivity index (χ2v) is 7.96. The van der Waals surface area contributed by atoms with Crippen LogP contribution in [0.1, 0.15) is 48.2 Å². The number of carbonyl (C=O) groups excluding carboxylic acids is 1. The van der Waals surface area contributed by atoms with Gasteiger partial charge in [-0.3, -0.25) is 4.79 Å². The predicted molar refractivity (Wildman–Crippen MR) is 105 cm³/mol. The number of hydrogen-bond acceptors (Lipinski definition) is 3. The molecule has 2 rings (SSSR count). The smallest absolute Gasteiger partial charge is 0.255 e. The van der Waals surface area contributed by atoms with Crippen molar-refractivity contribution in [2.45, 2.75) is 44.9 Å². The molecule has 0 atom stereocenters. The fraction of sp³-hybridized carbons (Fsp3) is 0.350. The summed E-state index contributed by atoms with van der Waals surface area (Å²) in [5.41, 5.74) is 3.12. The summed E-state index contributed by atoms with van der Waals surface area (Å²) in [6.07, 6.45) is 2.47. The zero-order valence-electron chi connectivity index (χ0n) is 15.5. The fourth-order valence-electron chi connectivity index (χ4n) is 2.66. The Morgan fingerprint density at radius 1 is 1.08 bits per heavy atom. The Labute approximate surface area is 155 Å². The van der Waals surface area contributed by atoms with Gasteiger partial charge in [0.15, 0.2) is 0 Å². The van der Waals surface area contributed by atoms with Crippen molar-refractivity contribution in [3.05, 3.63) is 59.2 Å². The number of sulfonamides is 1. The summed E-state index contributed by atoms with van der Waals surface area (Å²) in [4.78, 5) is 12.7. The number of rotatable bonds is 8. The molecule has 0 aromatic heterocycles. The Morgan fingerprint density at radius 2 is 1.81 bits per heavy atom. The van der Waals surface area contributed by atoms with Gasteiger partial charge in [0.05, 0.1) is 4.90 Å². The first-order valence-electron chi connectivity index (χ1n) is 8.88. The van der Waals surface area contributed by atoms with Gasteiger partial charge in [-0.05, 0) is 49.1 Å². The van der Waals surface area contributed by atoms with E-state index in [9.17, 15) is 13.2 Å². The quantitative estimate of drug-likeness (QED) is 0.688. The summed E-state index contributed by atoms with van der Waals surface area (Å²) in [6, 6.07) is 12.0. The van der Waals surface area contributed by atoms with Gasteiger partial charge in [-0.25, -0.2) is 13.1 Å². The van der Waals surface area contributed by atoms with Gasteiger partial charge in [-0.1, -0.05) is 44.5 Å². The van der Waals surface area contributed by atoms with Gasteiger partial charge in [0.25, 0.3) is 5.91 Å². The first-order valence-corrected chi connectivity index (χ1v) is 10.4. The lowest BCUT2D eigenvalue weighted by atomic mass is 10.1. The third kappa shape index (κ3) is 4.93. The average Bonchev–Trinajstić information content (AvgIpc) is 2.63. The second kappa shape index (κ2) is 8.96. The molecule has 0 saturated carbocycles. The maximum absolute atomic E-state index is 12.6. The van der Waals surface area contributed by atoms with Crippen LogP contribution in [0.4, 0.5) is 5.69 Å². The van der Waals surface area contributed by atoms with E-state index in [1.54, 1.807) is 12.1 Å². The molecule has 0 saturated heterocycles. The van der Waals surface area contributed by atoms with E-state index >= 15 is 0 Å².